The van der Waals surface area contributed by atoms with Gasteiger partial charge in [0.2, 0.25) is 0 Å². The number of nitrogens with one attached hydrogen (secondary N) is 1. The maximum Gasteiger partial charge on any atom is 0.256 e. The van der Waals surface area contributed by atoms with Crippen molar-refractivity contribution in [2.45, 2.75) is 0 Å². The van der Waals surface area contributed by atoms with Gasteiger partial charge in [0.25, 0.3) is 5.91 Å². The molecule has 0 spiro atoms. The van der Waals surface area contributed by atoms with E-state index in [2.05, 4.69) is 11.4 Å². The van der Waals surface area contributed by atoms with E-state index in [4.69, 9.17) is 9.97 Å². The van der Waals surface area contributed by atoms with Crippen molar-refractivity contribution in [1.29, 1.82) is 0 Å². The summed E-state index contributed by atoms with van der Waals surface area (Å²) in [6.07, 6.45) is 0. The standard InChI is InChI=1S/C27H17N3OS2/c31-26(20-16-23(24-13-6-14-32-24)29-21-10-2-1-9-19(20)21)28-18-8-5-7-17(15-18)27-30-22-11-3-4-12-25(22)33-27/h1-16H,(H,28,31). The summed E-state index contributed by atoms with van der Waals surface area (Å²) in [5.41, 5.74) is 4.91. The third-order valence-corrected chi connectivity index (χ3v) is 7.37. The summed E-state index contributed by atoms with van der Waals surface area (Å²) in [5, 5.41) is 6.86. The minimum absolute atomic E-state index is 0.159. The van der Waals surface area contributed by atoms with Crippen LogP contribution in [-0.4, -0.2) is 15.9 Å². The van der Waals surface area contributed by atoms with Crippen LogP contribution in [0.1, 0.15) is 10.4 Å². The molecule has 3 aromatic heterocycles. The zero-order valence-electron chi connectivity index (χ0n) is 17.4. The number of nitrogens with zero attached hydrogens (tertiary/aromatic N) is 2. The fraction of sp³-hybridized carbons (Fsp3) is 0. The number of thiophene rings is 1. The lowest BCUT2D eigenvalue weighted by atomic mass is 10.1. The number of para-hydroxylation sites is 2. The lowest BCUT2D eigenvalue weighted by Gasteiger charge is -2.10. The summed E-state index contributed by atoms with van der Waals surface area (Å²) in [6, 6.07) is 29.6. The molecule has 0 saturated heterocycles. The SMILES string of the molecule is O=C(Nc1cccc(-c2nc3ccccc3s2)c1)c1cc(-c2cccs2)nc2ccccc12. The highest BCUT2D eigenvalue weighted by Gasteiger charge is 2.15. The first kappa shape index (κ1) is 19.8. The molecule has 0 fully saturated rings. The predicted octanol–water partition coefficient (Wildman–Crippen LogP) is 7.49. The van der Waals surface area contributed by atoms with Crippen LogP contribution in [0.4, 0.5) is 5.69 Å². The minimum Gasteiger partial charge on any atom is -0.322 e. The Labute approximate surface area is 198 Å². The number of carbonyl (C=O) groups is 1. The molecule has 0 radical (unpaired) electrons. The first-order valence-electron chi connectivity index (χ1n) is 10.5. The second-order valence-electron chi connectivity index (χ2n) is 7.57. The molecule has 4 nitrogen and oxygen atoms in total. The average molecular weight is 464 g/mol. The van der Waals surface area contributed by atoms with Gasteiger partial charge in [0.05, 0.1) is 31.9 Å². The van der Waals surface area contributed by atoms with Gasteiger partial charge in [-0.05, 0) is 47.8 Å². The van der Waals surface area contributed by atoms with E-state index < -0.39 is 0 Å². The van der Waals surface area contributed by atoms with Gasteiger partial charge >= 0.3 is 0 Å². The number of thiazole rings is 1. The number of aromatic nitrogens is 2. The first-order valence-corrected chi connectivity index (χ1v) is 12.2. The monoisotopic (exact) mass is 463 g/mol. The molecule has 6 aromatic rings. The van der Waals surface area contributed by atoms with Crippen LogP contribution in [0, 0.1) is 0 Å². The number of rotatable bonds is 4. The van der Waals surface area contributed by atoms with E-state index in [0.717, 1.165) is 47.9 Å². The summed E-state index contributed by atoms with van der Waals surface area (Å²) in [4.78, 5) is 23.9. The van der Waals surface area contributed by atoms with Crippen LogP contribution in [0.25, 0.3) is 42.3 Å². The summed E-state index contributed by atoms with van der Waals surface area (Å²) in [5.74, 6) is -0.159. The molecule has 33 heavy (non-hydrogen) atoms. The van der Waals surface area contributed by atoms with Crippen LogP contribution in [0.5, 0.6) is 0 Å². The molecule has 0 saturated carbocycles. The van der Waals surface area contributed by atoms with Crippen molar-refractivity contribution in [1.82, 2.24) is 9.97 Å². The van der Waals surface area contributed by atoms with Crippen molar-refractivity contribution in [3.63, 3.8) is 0 Å². The quantitative estimate of drug-likeness (QED) is 0.295. The van der Waals surface area contributed by atoms with Crippen molar-refractivity contribution in [2.24, 2.45) is 0 Å². The fourth-order valence-corrected chi connectivity index (χ4v) is 5.49. The molecule has 3 heterocycles. The van der Waals surface area contributed by atoms with Crippen molar-refractivity contribution in [2.75, 3.05) is 5.32 Å². The van der Waals surface area contributed by atoms with Crippen LogP contribution in [0.3, 0.4) is 0 Å². The number of anilines is 1. The molecule has 0 unspecified atom stereocenters. The maximum atomic E-state index is 13.4. The van der Waals surface area contributed by atoms with E-state index in [-0.39, 0.29) is 5.91 Å². The van der Waals surface area contributed by atoms with Gasteiger partial charge in [0.1, 0.15) is 5.01 Å². The largest absolute Gasteiger partial charge is 0.322 e. The van der Waals surface area contributed by atoms with Gasteiger partial charge in [-0.2, -0.15) is 0 Å². The van der Waals surface area contributed by atoms with Crippen molar-refractivity contribution < 1.29 is 4.79 Å². The lowest BCUT2D eigenvalue weighted by molar-refractivity contribution is 0.102. The number of pyridine rings is 1. The van der Waals surface area contributed by atoms with Gasteiger partial charge in [-0.3, -0.25) is 4.79 Å². The van der Waals surface area contributed by atoms with Gasteiger partial charge in [-0.1, -0.05) is 48.5 Å². The molecule has 3 aromatic carbocycles. The Morgan fingerprint density at radius 1 is 0.788 bits per heavy atom. The van der Waals surface area contributed by atoms with Crippen molar-refractivity contribution >= 4 is 55.4 Å². The molecule has 0 aliphatic carbocycles. The number of hydrogen-bond donors (Lipinski definition) is 1. The Morgan fingerprint density at radius 2 is 1.64 bits per heavy atom. The Morgan fingerprint density at radius 3 is 2.48 bits per heavy atom. The summed E-state index contributed by atoms with van der Waals surface area (Å²) < 4.78 is 1.14. The highest BCUT2D eigenvalue weighted by Crippen LogP contribution is 2.32. The number of fused-ring (bicyclic) bond motifs is 2. The Balaban J connectivity index is 1.36. The molecule has 0 aliphatic heterocycles. The Kier molecular flexibility index (Phi) is 4.94. The van der Waals surface area contributed by atoms with Gasteiger partial charge in [0.15, 0.2) is 0 Å². The van der Waals surface area contributed by atoms with Crippen LogP contribution in [-0.2, 0) is 0 Å². The van der Waals surface area contributed by atoms with E-state index in [1.807, 2.05) is 90.3 Å². The normalized spacial score (nSPS) is 11.2. The van der Waals surface area contributed by atoms with E-state index in [1.54, 1.807) is 22.7 Å². The molecule has 6 rings (SSSR count). The van der Waals surface area contributed by atoms with E-state index in [0.29, 0.717) is 5.56 Å². The highest BCUT2D eigenvalue weighted by molar-refractivity contribution is 7.21. The highest BCUT2D eigenvalue weighted by atomic mass is 32.1. The first-order chi connectivity index (χ1) is 16.2. The molecule has 0 bridgehead atoms. The third-order valence-electron chi connectivity index (χ3n) is 5.40. The molecule has 158 valence electrons. The summed E-state index contributed by atoms with van der Waals surface area (Å²) >= 11 is 3.26. The van der Waals surface area contributed by atoms with Crippen LogP contribution in [0.2, 0.25) is 0 Å². The molecule has 1 N–H and O–H groups in total. The maximum absolute atomic E-state index is 13.4. The minimum atomic E-state index is -0.159. The molecule has 1 amide bonds. The number of carbonyl (C=O) groups excluding carboxylic acids is 1. The Bertz CT molecular complexity index is 1590. The van der Waals surface area contributed by atoms with Gasteiger partial charge in [-0.15, -0.1) is 22.7 Å². The Hall–Kier alpha value is -3.87. The van der Waals surface area contributed by atoms with Gasteiger partial charge in [-0.25, -0.2) is 9.97 Å². The predicted molar refractivity (Wildman–Crippen MR) is 138 cm³/mol. The van der Waals surface area contributed by atoms with Crippen molar-refractivity contribution in [3.8, 4) is 21.1 Å². The van der Waals surface area contributed by atoms with Crippen LogP contribution >= 0.6 is 22.7 Å². The zero-order valence-corrected chi connectivity index (χ0v) is 19.0. The third kappa shape index (κ3) is 3.80. The fourth-order valence-electron chi connectivity index (χ4n) is 3.84. The average Bonchev–Trinajstić information content (AvgIpc) is 3.54. The molecule has 6 heteroatoms. The lowest BCUT2D eigenvalue weighted by Crippen LogP contribution is -2.13. The summed E-state index contributed by atoms with van der Waals surface area (Å²) in [7, 11) is 0. The topological polar surface area (TPSA) is 54.9 Å². The van der Waals surface area contributed by atoms with E-state index in [1.165, 1.54) is 0 Å². The van der Waals surface area contributed by atoms with Crippen LogP contribution < -0.4 is 5.32 Å². The number of amides is 1. The van der Waals surface area contributed by atoms with E-state index in [9.17, 15) is 4.79 Å². The van der Waals surface area contributed by atoms with Gasteiger partial charge < -0.3 is 5.32 Å². The molecule has 0 atom stereocenters. The van der Waals surface area contributed by atoms with Crippen molar-refractivity contribution in [3.05, 3.63) is 102 Å². The molecule has 0 aliphatic rings. The summed E-state index contributed by atoms with van der Waals surface area (Å²) in [6.45, 7) is 0. The smallest absolute Gasteiger partial charge is 0.256 e. The number of hydrogen-bond acceptors (Lipinski definition) is 5. The van der Waals surface area contributed by atoms with Crippen LogP contribution in [0.15, 0.2) is 96.4 Å². The second-order valence-corrected chi connectivity index (χ2v) is 9.55. The van der Waals surface area contributed by atoms with Gasteiger partial charge in [0, 0.05) is 16.6 Å². The second kappa shape index (κ2) is 8.24. The van der Waals surface area contributed by atoms with E-state index >= 15 is 0 Å². The molecular weight excluding hydrogens is 446 g/mol. The molecular formula is C27H17N3OS2. The zero-order chi connectivity index (χ0) is 22.2. The number of benzene rings is 3.